The Kier molecular flexibility index (Phi) is 6.03. The second-order valence-corrected chi connectivity index (χ2v) is 12.5. The molecule has 0 aliphatic carbocycles. The van der Waals surface area contributed by atoms with Crippen LogP contribution in [-0.2, 0) is 32.2 Å². The van der Waals surface area contributed by atoms with Crippen LogP contribution < -0.4 is 9.88 Å². The summed E-state index contributed by atoms with van der Waals surface area (Å²) in [6.07, 6.45) is 0. The van der Waals surface area contributed by atoms with Crippen LogP contribution >= 0.6 is 22.9 Å². The first kappa shape index (κ1) is 22.7. The Labute approximate surface area is 194 Å². The van der Waals surface area contributed by atoms with Gasteiger partial charge in [0.25, 0.3) is 0 Å². The van der Waals surface area contributed by atoms with E-state index >= 15 is 0 Å². The number of benzene rings is 2. The average molecular weight is 512 g/mol. The number of nitrogens with two attached hydrogens (primary N) is 1. The van der Waals surface area contributed by atoms with Crippen molar-refractivity contribution < 1.29 is 21.6 Å². The third kappa shape index (κ3) is 4.52. The lowest BCUT2D eigenvalue weighted by atomic mass is 10.2. The predicted octanol–water partition coefficient (Wildman–Crippen LogP) is 3.43. The molecule has 0 radical (unpaired) electrons. The zero-order valence-corrected chi connectivity index (χ0v) is 19.9. The number of methoxy groups -OCH3 is 1. The molecule has 168 valence electrons. The maximum absolute atomic E-state index is 13.0. The molecule has 0 saturated heterocycles. The Morgan fingerprint density at radius 3 is 2.50 bits per heavy atom. The van der Waals surface area contributed by atoms with Crippen molar-refractivity contribution in [1.82, 2.24) is 9.78 Å². The van der Waals surface area contributed by atoms with Crippen molar-refractivity contribution in [3.05, 3.63) is 70.2 Å². The zero-order chi connectivity index (χ0) is 23.1. The fraction of sp³-hybridized carbons (Fsp3) is 0.150. The van der Waals surface area contributed by atoms with Gasteiger partial charge in [-0.2, -0.15) is 5.10 Å². The molecule has 2 aromatic heterocycles. The molecule has 0 unspecified atom stereocenters. The van der Waals surface area contributed by atoms with Crippen LogP contribution in [0, 0.1) is 0 Å². The highest BCUT2D eigenvalue weighted by atomic mass is 35.5. The molecule has 0 atom stereocenters. The molecule has 4 aromatic rings. The highest BCUT2D eigenvalue weighted by Crippen LogP contribution is 2.33. The van der Waals surface area contributed by atoms with Crippen LogP contribution in [0.25, 0.3) is 10.9 Å². The van der Waals surface area contributed by atoms with Crippen molar-refractivity contribution in [1.29, 1.82) is 0 Å². The first-order chi connectivity index (χ1) is 15.1. The van der Waals surface area contributed by atoms with Gasteiger partial charge in [0, 0.05) is 0 Å². The number of nitrogens with zero attached hydrogens (tertiary/aromatic N) is 2. The SMILES string of the molecule is COc1cccc2c1c(CS(=O)(=O)c1ccc(Cl)s1)nn2Cc1cccc(S(N)(=O)=O)c1. The standard InChI is InChI=1S/C20H18ClN3O5S3/c1-29-17-7-3-6-16-20(17)15(12-31(25,26)19-9-8-18(21)30-19)23-24(16)11-13-4-2-5-14(10-13)32(22,27)28/h2-10H,11-12H2,1H3,(H2,22,27,28). The first-order valence-corrected chi connectivity index (χ1v) is 13.6. The molecule has 0 amide bonds. The van der Waals surface area contributed by atoms with Gasteiger partial charge in [0.05, 0.1) is 39.5 Å². The minimum absolute atomic E-state index is 0.0126. The molecule has 0 aliphatic heterocycles. The quantitative estimate of drug-likeness (QED) is 0.405. The molecule has 0 aliphatic rings. The molecule has 12 heteroatoms. The molecule has 2 N–H and O–H groups in total. The van der Waals surface area contributed by atoms with Crippen LogP contribution in [0.3, 0.4) is 0 Å². The van der Waals surface area contributed by atoms with E-state index in [9.17, 15) is 16.8 Å². The lowest BCUT2D eigenvalue weighted by Crippen LogP contribution is -2.13. The van der Waals surface area contributed by atoms with Crippen molar-refractivity contribution in [3.63, 3.8) is 0 Å². The van der Waals surface area contributed by atoms with E-state index in [1.807, 2.05) is 0 Å². The van der Waals surface area contributed by atoms with Crippen molar-refractivity contribution in [2.45, 2.75) is 21.4 Å². The number of fused-ring (bicyclic) bond motifs is 1. The van der Waals surface area contributed by atoms with Gasteiger partial charge in [-0.3, -0.25) is 4.68 Å². The van der Waals surface area contributed by atoms with Crippen LogP contribution in [0.2, 0.25) is 4.34 Å². The van der Waals surface area contributed by atoms with Gasteiger partial charge in [0.2, 0.25) is 10.0 Å². The fourth-order valence-corrected chi connectivity index (χ4v) is 6.81. The summed E-state index contributed by atoms with van der Waals surface area (Å²) in [6.45, 7) is 0.206. The van der Waals surface area contributed by atoms with E-state index in [0.717, 1.165) is 11.3 Å². The molecular weight excluding hydrogens is 494 g/mol. The fourth-order valence-electron chi connectivity index (χ4n) is 3.38. The third-order valence-corrected chi connectivity index (χ3v) is 9.12. The van der Waals surface area contributed by atoms with E-state index in [1.54, 1.807) is 35.0 Å². The summed E-state index contributed by atoms with van der Waals surface area (Å²) in [6, 6.07) is 14.5. The number of thiophene rings is 1. The van der Waals surface area contributed by atoms with E-state index in [0.29, 0.717) is 32.2 Å². The molecule has 0 saturated carbocycles. The van der Waals surface area contributed by atoms with Crippen molar-refractivity contribution in [3.8, 4) is 5.75 Å². The number of aromatic nitrogens is 2. The summed E-state index contributed by atoms with van der Waals surface area (Å²) < 4.78 is 56.9. The lowest BCUT2D eigenvalue weighted by Gasteiger charge is -2.06. The molecule has 0 fully saturated rings. The minimum Gasteiger partial charge on any atom is -0.496 e. The molecular formula is C20H18ClN3O5S3. The van der Waals surface area contributed by atoms with Gasteiger partial charge in [0.1, 0.15) is 15.7 Å². The van der Waals surface area contributed by atoms with Crippen molar-refractivity contribution in [2.24, 2.45) is 5.14 Å². The van der Waals surface area contributed by atoms with Crippen LogP contribution in [0.4, 0.5) is 0 Å². The molecule has 32 heavy (non-hydrogen) atoms. The summed E-state index contributed by atoms with van der Waals surface area (Å²) in [7, 11) is -6.05. The van der Waals surface area contributed by atoms with Crippen molar-refractivity contribution >= 4 is 53.7 Å². The van der Waals surface area contributed by atoms with Crippen molar-refractivity contribution in [2.75, 3.05) is 7.11 Å². The predicted molar refractivity (Wildman–Crippen MR) is 123 cm³/mol. The maximum atomic E-state index is 13.0. The number of hydrogen-bond acceptors (Lipinski definition) is 7. The molecule has 4 rings (SSSR count). The summed E-state index contributed by atoms with van der Waals surface area (Å²) in [4.78, 5) is -0.0126. The second-order valence-electron chi connectivity index (χ2n) is 6.97. The number of sulfone groups is 1. The van der Waals surface area contributed by atoms with Gasteiger partial charge < -0.3 is 4.74 Å². The van der Waals surface area contributed by atoms with Gasteiger partial charge in [-0.25, -0.2) is 22.0 Å². The highest BCUT2D eigenvalue weighted by Gasteiger charge is 2.24. The average Bonchev–Trinajstić information content (AvgIpc) is 3.32. The van der Waals surface area contributed by atoms with Crippen LogP contribution in [-0.4, -0.2) is 33.7 Å². The Balaban J connectivity index is 1.80. The Bertz CT molecular complexity index is 1530. The highest BCUT2D eigenvalue weighted by molar-refractivity contribution is 7.92. The van der Waals surface area contributed by atoms with Gasteiger partial charge in [-0.05, 0) is 42.0 Å². The van der Waals surface area contributed by atoms with Gasteiger partial charge >= 0.3 is 0 Å². The van der Waals surface area contributed by atoms with Crippen LogP contribution in [0.15, 0.2) is 63.7 Å². The summed E-state index contributed by atoms with van der Waals surface area (Å²) >= 11 is 6.90. The number of sulfonamides is 1. The zero-order valence-electron chi connectivity index (χ0n) is 16.7. The van der Waals surface area contributed by atoms with E-state index < -0.39 is 19.9 Å². The number of rotatable bonds is 7. The van der Waals surface area contributed by atoms with E-state index in [4.69, 9.17) is 21.5 Å². The van der Waals surface area contributed by atoms with E-state index in [-0.39, 0.29) is 21.4 Å². The second kappa shape index (κ2) is 8.49. The number of primary sulfonamides is 1. The van der Waals surface area contributed by atoms with Gasteiger partial charge in [-0.15, -0.1) is 11.3 Å². The number of hydrogen-bond donors (Lipinski definition) is 1. The lowest BCUT2D eigenvalue weighted by molar-refractivity contribution is 0.419. The minimum atomic E-state index is -3.86. The molecule has 0 bridgehead atoms. The molecule has 2 aromatic carbocycles. The topological polar surface area (TPSA) is 121 Å². The summed E-state index contributed by atoms with van der Waals surface area (Å²) in [5.74, 6) is 0.145. The smallest absolute Gasteiger partial charge is 0.238 e. The normalized spacial score (nSPS) is 12.3. The van der Waals surface area contributed by atoms with Gasteiger partial charge in [-0.1, -0.05) is 29.8 Å². The third-order valence-electron chi connectivity index (χ3n) is 4.77. The molecule has 0 spiro atoms. The molecule has 2 heterocycles. The summed E-state index contributed by atoms with van der Waals surface area (Å²) in [5.41, 5.74) is 1.62. The molecule has 8 nitrogen and oxygen atoms in total. The monoisotopic (exact) mass is 511 g/mol. The van der Waals surface area contributed by atoms with E-state index in [2.05, 4.69) is 5.10 Å². The number of ether oxygens (including phenoxy) is 1. The Hall–Kier alpha value is -2.44. The largest absolute Gasteiger partial charge is 0.496 e. The van der Waals surface area contributed by atoms with E-state index in [1.165, 1.54) is 31.4 Å². The Morgan fingerprint density at radius 2 is 1.84 bits per heavy atom. The van der Waals surface area contributed by atoms with Crippen LogP contribution in [0.1, 0.15) is 11.3 Å². The Morgan fingerprint density at radius 1 is 1.09 bits per heavy atom. The van der Waals surface area contributed by atoms with Crippen LogP contribution in [0.5, 0.6) is 5.75 Å². The summed E-state index contributed by atoms with van der Waals surface area (Å²) in [5, 5.41) is 10.4. The first-order valence-electron chi connectivity index (χ1n) is 9.21. The van der Waals surface area contributed by atoms with Gasteiger partial charge in [0.15, 0.2) is 9.84 Å². The maximum Gasteiger partial charge on any atom is 0.238 e. The number of halogens is 1.